The highest BCUT2D eigenvalue weighted by Gasteiger charge is 2.14. The number of nitro benzene ring substituents is 1. The van der Waals surface area contributed by atoms with E-state index in [1.165, 1.54) is 36.3 Å². The molecule has 9 heteroatoms. The Kier molecular flexibility index (Phi) is 6.66. The molecular weight excluding hydrogens is 388 g/mol. The van der Waals surface area contributed by atoms with Crippen LogP contribution in [0.1, 0.15) is 11.4 Å². The average molecular weight is 408 g/mol. The van der Waals surface area contributed by atoms with E-state index < -0.39 is 4.92 Å². The summed E-state index contributed by atoms with van der Waals surface area (Å²) in [6.45, 7) is 0.668. The van der Waals surface area contributed by atoms with Gasteiger partial charge in [0.15, 0.2) is 0 Å². The number of ether oxygens (including phenoxy) is 1. The summed E-state index contributed by atoms with van der Waals surface area (Å²) >= 11 is 0. The zero-order valence-electron chi connectivity index (χ0n) is 16.3. The number of aromatic nitrogens is 2. The minimum atomic E-state index is -0.494. The van der Waals surface area contributed by atoms with Gasteiger partial charge in [-0.05, 0) is 23.8 Å². The molecule has 0 aliphatic heterocycles. The first kappa shape index (κ1) is 20.9. The zero-order chi connectivity index (χ0) is 21.5. The highest BCUT2D eigenvalue weighted by molar-refractivity contribution is 5.91. The lowest BCUT2D eigenvalue weighted by Gasteiger charge is -2.20. The van der Waals surface area contributed by atoms with Gasteiger partial charge in [-0.2, -0.15) is 0 Å². The largest absolute Gasteiger partial charge is 0.383 e. The minimum absolute atomic E-state index is 0.0567. The van der Waals surface area contributed by atoms with Gasteiger partial charge in [0.05, 0.1) is 29.0 Å². The van der Waals surface area contributed by atoms with Crippen LogP contribution < -0.4 is 5.56 Å². The number of hydrogen-bond donors (Lipinski definition) is 1. The van der Waals surface area contributed by atoms with Gasteiger partial charge in [0.2, 0.25) is 5.91 Å². The third-order valence-corrected chi connectivity index (χ3v) is 4.38. The lowest BCUT2D eigenvalue weighted by molar-refractivity contribution is -0.384. The van der Waals surface area contributed by atoms with Gasteiger partial charge in [0.25, 0.3) is 11.2 Å². The molecular formula is C21H20N4O5. The van der Waals surface area contributed by atoms with E-state index in [0.717, 1.165) is 0 Å². The standard InChI is InChI=1S/C21H20N4O5/c1-30-12-11-24(14-19-22-18-8-3-2-7-17(18)21(27)23-19)20(26)10-9-15-5-4-6-16(13-15)25(28)29/h2-10,13H,11-12,14H2,1H3,(H,22,23,27)/b10-9+. The molecule has 3 aromatic rings. The third kappa shape index (κ3) is 5.15. The number of amides is 1. The van der Waals surface area contributed by atoms with Crippen LogP contribution in [0.5, 0.6) is 0 Å². The number of carbonyl (C=O) groups is 1. The van der Waals surface area contributed by atoms with Crippen LogP contribution in [-0.2, 0) is 16.1 Å². The highest BCUT2D eigenvalue weighted by atomic mass is 16.6. The highest BCUT2D eigenvalue weighted by Crippen LogP contribution is 2.14. The van der Waals surface area contributed by atoms with Gasteiger partial charge in [-0.1, -0.05) is 24.3 Å². The predicted octanol–water partition coefficient (Wildman–Crippen LogP) is 2.52. The molecule has 30 heavy (non-hydrogen) atoms. The summed E-state index contributed by atoms with van der Waals surface area (Å²) in [5.41, 5.74) is 0.740. The smallest absolute Gasteiger partial charge is 0.270 e. The summed E-state index contributed by atoms with van der Waals surface area (Å²) in [6.07, 6.45) is 2.83. The van der Waals surface area contributed by atoms with E-state index >= 15 is 0 Å². The zero-order valence-corrected chi connectivity index (χ0v) is 16.3. The van der Waals surface area contributed by atoms with Crippen LogP contribution in [0.2, 0.25) is 0 Å². The number of nitrogens with zero attached hydrogens (tertiary/aromatic N) is 3. The molecule has 0 fully saturated rings. The topological polar surface area (TPSA) is 118 Å². The van der Waals surface area contributed by atoms with Gasteiger partial charge < -0.3 is 14.6 Å². The summed E-state index contributed by atoms with van der Waals surface area (Å²) in [4.78, 5) is 44.0. The number of hydrogen-bond acceptors (Lipinski definition) is 6. The molecule has 1 heterocycles. The maximum atomic E-state index is 12.7. The lowest BCUT2D eigenvalue weighted by Crippen LogP contribution is -2.33. The van der Waals surface area contributed by atoms with Gasteiger partial charge in [-0.3, -0.25) is 19.7 Å². The van der Waals surface area contributed by atoms with Gasteiger partial charge in [0.1, 0.15) is 5.82 Å². The number of fused-ring (bicyclic) bond motifs is 1. The van der Waals surface area contributed by atoms with Crippen molar-refractivity contribution in [3.05, 3.63) is 86.5 Å². The lowest BCUT2D eigenvalue weighted by atomic mass is 10.2. The molecule has 0 saturated carbocycles. The first-order valence-electron chi connectivity index (χ1n) is 9.16. The summed E-state index contributed by atoms with van der Waals surface area (Å²) < 4.78 is 5.07. The molecule has 0 spiro atoms. The molecule has 0 aliphatic carbocycles. The number of rotatable bonds is 8. The normalized spacial score (nSPS) is 11.1. The summed E-state index contributed by atoms with van der Waals surface area (Å²) in [5.74, 6) is 0.0151. The van der Waals surface area contributed by atoms with Crippen LogP contribution in [0.25, 0.3) is 17.0 Å². The molecule has 1 amide bonds. The third-order valence-electron chi connectivity index (χ3n) is 4.38. The molecule has 0 radical (unpaired) electrons. The van der Waals surface area contributed by atoms with Gasteiger partial charge >= 0.3 is 0 Å². The summed E-state index contributed by atoms with van der Waals surface area (Å²) in [7, 11) is 1.53. The van der Waals surface area contributed by atoms with Crippen LogP contribution in [0.3, 0.4) is 0 Å². The van der Waals surface area contributed by atoms with Crippen LogP contribution >= 0.6 is 0 Å². The van der Waals surface area contributed by atoms with Crippen molar-refractivity contribution in [2.75, 3.05) is 20.3 Å². The second-order valence-electron chi connectivity index (χ2n) is 6.47. The van der Waals surface area contributed by atoms with Crippen molar-refractivity contribution in [2.24, 2.45) is 0 Å². The number of nitro groups is 1. The van der Waals surface area contributed by atoms with Crippen molar-refractivity contribution in [1.29, 1.82) is 0 Å². The number of non-ortho nitro benzene ring substituents is 1. The molecule has 3 rings (SSSR count). The predicted molar refractivity (Wildman–Crippen MR) is 112 cm³/mol. The number of para-hydroxylation sites is 1. The molecule has 2 aromatic carbocycles. The fourth-order valence-electron chi connectivity index (χ4n) is 2.87. The maximum absolute atomic E-state index is 12.7. The molecule has 0 aliphatic rings. The van der Waals surface area contributed by atoms with Crippen LogP contribution in [-0.4, -0.2) is 46.0 Å². The molecule has 1 N–H and O–H groups in total. The molecule has 0 atom stereocenters. The maximum Gasteiger partial charge on any atom is 0.270 e. The summed E-state index contributed by atoms with van der Waals surface area (Å²) in [6, 6.07) is 12.9. The monoisotopic (exact) mass is 408 g/mol. The first-order valence-corrected chi connectivity index (χ1v) is 9.16. The Labute approximate surface area is 171 Å². The second-order valence-corrected chi connectivity index (χ2v) is 6.47. The number of benzene rings is 2. The number of H-pyrrole nitrogens is 1. The van der Waals surface area contributed by atoms with Crippen molar-refractivity contribution < 1.29 is 14.5 Å². The Morgan fingerprint density at radius 2 is 2.07 bits per heavy atom. The van der Waals surface area contributed by atoms with Crippen LogP contribution in [0, 0.1) is 10.1 Å². The summed E-state index contributed by atoms with van der Waals surface area (Å²) in [5, 5.41) is 11.4. The van der Waals surface area contributed by atoms with Gasteiger partial charge in [-0.15, -0.1) is 0 Å². The van der Waals surface area contributed by atoms with E-state index in [1.807, 2.05) is 0 Å². The van der Waals surface area contributed by atoms with Crippen molar-refractivity contribution in [2.45, 2.75) is 6.54 Å². The average Bonchev–Trinajstić information content (AvgIpc) is 2.75. The Bertz CT molecular complexity index is 1160. The van der Waals surface area contributed by atoms with Crippen molar-refractivity contribution in [1.82, 2.24) is 14.9 Å². The van der Waals surface area contributed by atoms with Crippen LogP contribution in [0.15, 0.2) is 59.4 Å². The van der Waals surface area contributed by atoms with Crippen molar-refractivity contribution in [3.8, 4) is 0 Å². The van der Waals surface area contributed by atoms with E-state index in [0.29, 0.717) is 28.9 Å². The fourth-order valence-corrected chi connectivity index (χ4v) is 2.87. The number of carbonyl (C=O) groups excluding carboxylic acids is 1. The molecule has 1 aromatic heterocycles. The number of methoxy groups -OCH3 is 1. The fraction of sp³-hybridized carbons (Fsp3) is 0.190. The minimum Gasteiger partial charge on any atom is -0.383 e. The van der Waals surface area contributed by atoms with Crippen LogP contribution in [0.4, 0.5) is 5.69 Å². The molecule has 0 unspecified atom stereocenters. The Balaban J connectivity index is 1.81. The molecule has 9 nitrogen and oxygen atoms in total. The van der Waals surface area contributed by atoms with E-state index in [-0.39, 0.29) is 30.2 Å². The second kappa shape index (κ2) is 9.57. The van der Waals surface area contributed by atoms with E-state index in [1.54, 1.807) is 36.4 Å². The Hall–Kier alpha value is -3.85. The molecule has 154 valence electrons. The Morgan fingerprint density at radius 3 is 2.83 bits per heavy atom. The van der Waals surface area contributed by atoms with Gasteiger partial charge in [0, 0.05) is 31.9 Å². The van der Waals surface area contributed by atoms with Crippen molar-refractivity contribution in [3.63, 3.8) is 0 Å². The quantitative estimate of drug-likeness (QED) is 0.348. The molecule has 0 bridgehead atoms. The van der Waals surface area contributed by atoms with E-state index in [4.69, 9.17) is 4.74 Å². The Morgan fingerprint density at radius 1 is 1.27 bits per heavy atom. The van der Waals surface area contributed by atoms with E-state index in [2.05, 4.69) is 9.97 Å². The molecule has 0 saturated heterocycles. The first-order chi connectivity index (χ1) is 14.5. The van der Waals surface area contributed by atoms with Gasteiger partial charge in [-0.25, -0.2) is 4.98 Å². The number of aromatic amines is 1. The number of nitrogens with one attached hydrogen (secondary N) is 1. The SMILES string of the molecule is COCCN(Cc1nc2ccccc2c(=O)[nH]1)C(=O)/C=C/c1cccc([N+](=O)[O-])c1. The van der Waals surface area contributed by atoms with E-state index in [9.17, 15) is 19.7 Å². The van der Waals surface area contributed by atoms with Crippen molar-refractivity contribution >= 4 is 28.6 Å².